The third kappa shape index (κ3) is 4.02. The summed E-state index contributed by atoms with van der Waals surface area (Å²) in [6, 6.07) is 5.36. The number of nitrogens with two attached hydrogens (primary N) is 1. The van der Waals surface area contributed by atoms with E-state index >= 15 is 0 Å². The maximum atomic E-state index is 11.4. The number of hydrogen-bond donors (Lipinski definition) is 2. The van der Waals surface area contributed by atoms with Gasteiger partial charge >= 0.3 is 0 Å². The van der Waals surface area contributed by atoms with Crippen LogP contribution in [-0.4, -0.2) is 32.1 Å². The van der Waals surface area contributed by atoms with Crippen LogP contribution in [-0.2, 0) is 9.84 Å². The van der Waals surface area contributed by atoms with E-state index in [0.717, 1.165) is 5.69 Å². The van der Waals surface area contributed by atoms with Gasteiger partial charge in [0.2, 0.25) is 0 Å². The summed E-state index contributed by atoms with van der Waals surface area (Å²) in [6.45, 7) is 3.89. The van der Waals surface area contributed by atoms with E-state index in [0.29, 0.717) is 17.9 Å². The van der Waals surface area contributed by atoms with Crippen LogP contribution in [0.15, 0.2) is 18.2 Å². The van der Waals surface area contributed by atoms with Crippen LogP contribution in [0.1, 0.15) is 20.3 Å². The highest BCUT2D eigenvalue weighted by Gasteiger charge is 2.27. The maximum Gasteiger partial charge on any atom is 0.152 e. The fourth-order valence-electron chi connectivity index (χ4n) is 2.19. The third-order valence-electron chi connectivity index (χ3n) is 2.90. The maximum absolute atomic E-state index is 11.4. The molecule has 5 nitrogen and oxygen atoms in total. The highest BCUT2D eigenvalue weighted by atomic mass is 32.2. The molecule has 1 aromatic carbocycles. The molecule has 0 amide bonds. The zero-order chi connectivity index (χ0) is 14.0. The molecule has 2 rings (SSSR count). The molecule has 3 N–H and O–H groups in total. The molecule has 1 aliphatic rings. The van der Waals surface area contributed by atoms with Crippen molar-refractivity contribution in [2.24, 2.45) is 0 Å². The average Bonchev–Trinajstić information content (AvgIpc) is 2.55. The quantitative estimate of drug-likeness (QED) is 0.822. The predicted octanol–water partition coefficient (Wildman–Crippen LogP) is 1.66. The van der Waals surface area contributed by atoms with Gasteiger partial charge < -0.3 is 15.8 Å². The molecule has 1 aliphatic heterocycles. The van der Waals surface area contributed by atoms with Gasteiger partial charge in [0, 0.05) is 29.5 Å². The lowest BCUT2D eigenvalue weighted by atomic mass is 10.2. The lowest BCUT2D eigenvalue weighted by molar-refractivity contribution is 0.242. The molecule has 0 aliphatic carbocycles. The van der Waals surface area contributed by atoms with Crippen molar-refractivity contribution in [3.05, 3.63) is 18.2 Å². The SMILES string of the molecule is CC(C)Oc1cc(N)cc(NC2CCS(=O)(=O)C2)c1. The Morgan fingerprint density at radius 2 is 2.11 bits per heavy atom. The van der Waals surface area contributed by atoms with Gasteiger partial charge in [-0.05, 0) is 26.3 Å². The van der Waals surface area contributed by atoms with Gasteiger partial charge in [-0.2, -0.15) is 0 Å². The first-order valence-electron chi connectivity index (χ1n) is 6.38. The first-order valence-corrected chi connectivity index (χ1v) is 8.20. The van der Waals surface area contributed by atoms with Crippen molar-refractivity contribution in [3.8, 4) is 5.75 Å². The summed E-state index contributed by atoms with van der Waals surface area (Å²) in [7, 11) is -2.88. The molecule has 19 heavy (non-hydrogen) atoms. The smallest absolute Gasteiger partial charge is 0.152 e. The number of nitrogen functional groups attached to an aromatic ring is 1. The second kappa shape index (κ2) is 5.28. The van der Waals surface area contributed by atoms with Crippen molar-refractivity contribution in [1.82, 2.24) is 0 Å². The molecule has 1 fully saturated rings. The first kappa shape index (κ1) is 14.0. The molecule has 0 saturated carbocycles. The van der Waals surface area contributed by atoms with Crippen molar-refractivity contribution < 1.29 is 13.2 Å². The minimum absolute atomic E-state index is 0.0429. The Morgan fingerprint density at radius 1 is 1.37 bits per heavy atom. The van der Waals surface area contributed by atoms with Crippen LogP contribution in [0.25, 0.3) is 0 Å². The summed E-state index contributed by atoms with van der Waals surface area (Å²) in [5.41, 5.74) is 7.23. The second-order valence-corrected chi connectivity index (χ2v) is 7.43. The zero-order valence-electron chi connectivity index (χ0n) is 11.2. The zero-order valence-corrected chi connectivity index (χ0v) is 12.0. The van der Waals surface area contributed by atoms with Crippen LogP contribution in [0.3, 0.4) is 0 Å². The Kier molecular flexibility index (Phi) is 3.89. The van der Waals surface area contributed by atoms with E-state index in [4.69, 9.17) is 10.5 Å². The van der Waals surface area contributed by atoms with E-state index in [-0.39, 0.29) is 23.7 Å². The normalized spacial score (nSPS) is 21.5. The van der Waals surface area contributed by atoms with Gasteiger partial charge in [-0.25, -0.2) is 8.42 Å². The topological polar surface area (TPSA) is 81.4 Å². The van der Waals surface area contributed by atoms with E-state index in [1.807, 2.05) is 19.9 Å². The summed E-state index contributed by atoms with van der Waals surface area (Å²) in [5, 5.41) is 3.21. The van der Waals surface area contributed by atoms with Crippen molar-refractivity contribution >= 4 is 21.2 Å². The van der Waals surface area contributed by atoms with E-state index < -0.39 is 9.84 Å². The molecule has 1 heterocycles. The average molecular weight is 284 g/mol. The summed E-state index contributed by atoms with van der Waals surface area (Å²) >= 11 is 0. The fourth-order valence-corrected chi connectivity index (χ4v) is 3.86. The van der Waals surface area contributed by atoms with Crippen LogP contribution < -0.4 is 15.8 Å². The Hall–Kier alpha value is -1.43. The largest absolute Gasteiger partial charge is 0.491 e. The molecule has 0 aromatic heterocycles. The number of rotatable bonds is 4. The molecule has 0 bridgehead atoms. The molecule has 0 spiro atoms. The van der Waals surface area contributed by atoms with E-state index in [1.54, 1.807) is 12.1 Å². The van der Waals surface area contributed by atoms with Crippen molar-refractivity contribution in [3.63, 3.8) is 0 Å². The molecule has 0 radical (unpaired) electrons. The summed E-state index contributed by atoms with van der Waals surface area (Å²) < 4.78 is 28.4. The summed E-state index contributed by atoms with van der Waals surface area (Å²) in [5.74, 6) is 1.13. The Morgan fingerprint density at radius 3 is 2.68 bits per heavy atom. The molecule has 1 saturated heterocycles. The Balaban J connectivity index is 2.10. The third-order valence-corrected chi connectivity index (χ3v) is 4.67. The van der Waals surface area contributed by atoms with Gasteiger partial charge in [0.15, 0.2) is 9.84 Å². The van der Waals surface area contributed by atoms with Crippen LogP contribution in [0.4, 0.5) is 11.4 Å². The van der Waals surface area contributed by atoms with Crippen LogP contribution in [0, 0.1) is 0 Å². The number of benzene rings is 1. The number of nitrogens with one attached hydrogen (secondary N) is 1. The number of ether oxygens (including phenoxy) is 1. The van der Waals surface area contributed by atoms with Crippen molar-refractivity contribution in [2.75, 3.05) is 22.6 Å². The van der Waals surface area contributed by atoms with Crippen LogP contribution in [0.2, 0.25) is 0 Å². The summed E-state index contributed by atoms with van der Waals surface area (Å²) in [6.07, 6.45) is 0.707. The fraction of sp³-hybridized carbons (Fsp3) is 0.538. The number of sulfone groups is 1. The standard InChI is InChI=1S/C13H20N2O3S/c1-9(2)18-13-6-10(14)5-12(7-13)15-11-3-4-19(16,17)8-11/h5-7,9,11,15H,3-4,8,14H2,1-2H3. The lowest BCUT2D eigenvalue weighted by Gasteiger charge is -2.16. The van der Waals surface area contributed by atoms with E-state index in [2.05, 4.69) is 5.32 Å². The highest BCUT2D eigenvalue weighted by Crippen LogP contribution is 2.25. The molecule has 1 aromatic rings. The second-order valence-electron chi connectivity index (χ2n) is 5.20. The van der Waals surface area contributed by atoms with Gasteiger partial charge in [0.1, 0.15) is 5.75 Å². The van der Waals surface area contributed by atoms with Crippen LogP contribution in [0.5, 0.6) is 5.75 Å². The number of hydrogen-bond acceptors (Lipinski definition) is 5. The lowest BCUT2D eigenvalue weighted by Crippen LogP contribution is -2.20. The molecular formula is C13H20N2O3S. The highest BCUT2D eigenvalue weighted by molar-refractivity contribution is 7.91. The van der Waals surface area contributed by atoms with Gasteiger partial charge in [-0.3, -0.25) is 0 Å². The Labute approximate surface area is 114 Å². The molecule has 1 atom stereocenters. The Bertz CT molecular complexity index is 555. The number of anilines is 2. The van der Waals surface area contributed by atoms with Crippen LogP contribution >= 0.6 is 0 Å². The minimum atomic E-state index is -2.88. The molecule has 1 unspecified atom stereocenters. The minimum Gasteiger partial charge on any atom is -0.491 e. The molecule has 106 valence electrons. The molecule has 6 heteroatoms. The van der Waals surface area contributed by atoms with Gasteiger partial charge in [0.25, 0.3) is 0 Å². The van der Waals surface area contributed by atoms with Gasteiger partial charge in [-0.1, -0.05) is 0 Å². The predicted molar refractivity (Wildman–Crippen MR) is 77.3 cm³/mol. The molecular weight excluding hydrogens is 264 g/mol. The van der Waals surface area contributed by atoms with Gasteiger partial charge in [0.05, 0.1) is 17.6 Å². The van der Waals surface area contributed by atoms with E-state index in [9.17, 15) is 8.42 Å². The monoisotopic (exact) mass is 284 g/mol. The van der Waals surface area contributed by atoms with E-state index in [1.165, 1.54) is 0 Å². The van der Waals surface area contributed by atoms with Gasteiger partial charge in [-0.15, -0.1) is 0 Å². The summed E-state index contributed by atoms with van der Waals surface area (Å²) in [4.78, 5) is 0. The van der Waals surface area contributed by atoms with Crippen molar-refractivity contribution in [2.45, 2.75) is 32.4 Å². The van der Waals surface area contributed by atoms with Crippen molar-refractivity contribution in [1.29, 1.82) is 0 Å². The first-order chi connectivity index (χ1) is 8.84.